The van der Waals surface area contributed by atoms with Gasteiger partial charge in [-0.15, -0.1) is 0 Å². The number of carbonyl (C=O) groups excluding carboxylic acids is 1. The van der Waals surface area contributed by atoms with Crippen LogP contribution in [0, 0.1) is 0 Å². The molecule has 0 saturated carbocycles. The molecule has 0 amide bonds. The van der Waals surface area contributed by atoms with Gasteiger partial charge in [0.25, 0.3) is 0 Å². The summed E-state index contributed by atoms with van der Waals surface area (Å²) >= 11 is 0. The summed E-state index contributed by atoms with van der Waals surface area (Å²) < 4.78 is 28.1. The maximum atomic E-state index is 12.8. The standard InChI is InChI=1S/C26H37NO3S/c1-2-3-4-5-6-7-8-9-10-12-19-24-20-15-16-21-26(24)31(29,30)27-22-25(28)23-17-13-11-14-18-23/h11,13-18,20-21,27H,2-10,12,19,22H2,1H3. The Labute approximate surface area is 188 Å². The summed E-state index contributed by atoms with van der Waals surface area (Å²) in [5.74, 6) is -0.239. The molecule has 2 aromatic rings. The van der Waals surface area contributed by atoms with Gasteiger partial charge >= 0.3 is 0 Å². The number of benzene rings is 2. The van der Waals surface area contributed by atoms with Crippen LogP contribution in [0.2, 0.25) is 0 Å². The first-order chi connectivity index (χ1) is 15.0. The van der Waals surface area contributed by atoms with Crippen LogP contribution in [0.3, 0.4) is 0 Å². The highest BCUT2D eigenvalue weighted by Gasteiger charge is 2.19. The topological polar surface area (TPSA) is 63.2 Å². The molecule has 5 heteroatoms. The molecule has 0 saturated heterocycles. The van der Waals surface area contributed by atoms with E-state index in [4.69, 9.17) is 0 Å². The van der Waals surface area contributed by atoms with E-state index in [1.807, 2.05) is 18.2 Å². The molecular formula is C26H37NO3S. The second-order valence-electron chi connectivity index (χ2n) is 8.15. The maximum Gasteiger partial charge on any atom is 0.241 e. The average molecular weight is 444 g/mol. The van der Waals surface area contributed by atoms with Gasteiger partial charge in [0.05, 0.1) is 11.4 Å². The number of unbranched alkanes of at least 4 members (excludes halogenated alkanes) is 9. The van der Waals surface area contributed by atoms with Gasteiger partial charge in [-0.1, -0.05) is 113 Å². The van der Waals surface area contributed by atoms with Crippen molar-refractivity contribution in [3.05, 3.63) is 65.7 Å². The summed E-state index contributed by atoms with van der Waals surface area (Å²) in [5.41, 5.74) is 1.32. The van der Waals surface area contributed by atoms with Gasteiger partial charge in [0.15, 0.2) is 5.78 Å². The van der Waals surface area contributed by atoms with E-state index >= 15 is 0 Å². The van der Waals surface area contributed by atoms with Crippen LogP contribution in [-0.2, 0) is 16.4 Å². The number of aryl methyl sites for hydroxylation is 1. The first kappa shape index (κ1) is 25.3. The third-order valence-electron chi connectivity index (χ3n) is 5.58. The quantitative estimate of drug-likeness (QED) is 0.244. The van der Waals surface area contributed by atoms with Crippen LogP contribution < -0.4 is 4.72 Å². The smallest absolute Gasteiger partial charge is 0.241 e. The summed E-state index contributed by atoms with van der Waals surface area (Å²) in [6, 6.07) is 15.8. The largest absolute Gasteiger partial charge is 0.293 e. The molecule has 0 radical (unpaired) electrons. The van der Waals surface area contributed by atoms with E-state index < -0.39 is 10.0 Å². The number of carbonyl (C=O) groups is 1. The van der Waals surface area contributed by atoms with Crippen molar-refractivity contribution in [2.24, 2.45) is 0 Å². The molecule has 4 nitrogen and oxygen atoms in total. The van der Waals surface area contributed by atoms with E-state index in [-0.39, 0.29) is 17.2 Å². The fourth-order valence-corrected chi connectivity index (χ4v) is 4.99. The summed E-state index contributed by atoms with van der Waals surface area (Å²) in [6.45, 7) is 2.00. The van der Waals surface area contributed by atoms with Crippen LogP contribution in [0.25, 0.3) is 0 Å². The highest BCUT2D eigenvalue weighted by atomic mass is 32.2. The van der Waals surface area contributed by atoms with E-state index in [1.54, 1.807) is 36.4 Å². The summed E-state index contributed by atoms with van der Waals surface area (Å²) in [7, 11) is -3.73. The number of rotatable bonds is 16. The lowest BCUT2D eigenvalue weighted by atomic mass is 10.0. The maximum absolute atomic E-state index is 12.8. The Kier molecular flexibility index (Phi) is 11.5. The van der Waals surface area contributed by atoms with Crippen LogP contribution in [0.1, 0.15) is 87.1 Å². The van der Waals surface area contributed by atoms with Crippen LogP contribution in [0.15, 0.2) is 59.5 Å². The van der Waals surface area contributed by atoms with Gasteiger partial charge in [0, 0.05) is 5.56 Å². The SMILES string of the molecule is CCCCCCCCCCCCc1ccccc1S(=O)(=O)NCC(=O)c1ccccc1. The van der Waals surface area contributed by atoms with Crippen molar-refractivity contribution in [3.63, 3.8) is 0 Å². The van der Waals surface area contributed by atoms with Crippen molar-refractivity contribution in [3.8, 4) is 0 Å². The molecule has 0 atom stereocenters. The molecule has 170 valence electrons. The molecular weight excluding hydrogens is 406 g/mol. The fourth-order valence-electron chi connectivity index (χ4n) is 3.74. The molecule has 0 aliphatic carbocycles. The Morgan fingerprint density at radius 1 is 0.742 bits per heavy atom. The first-order valence-electron chi connectivity index (χ1n) is 11.7. The Morgan fingerprint density at radius 2 is 1.29 bits per heavy atom. The number of Topliss-reactive ketones (excluding diaryl/α,β-unsaturated/α-hetero) is 1. The zero-order valence-corrected chi connectivity index (χ0v) is 19.6. The molecule has 0 bridgehead atoms. The molecule has 31 heavy (non-hydrogen) atoms. The minimum absolute atomic E-state index is 0.237. The highest BCUT2D eigenvalue weighted by molar-refractivity contribution is 7.89. The second-order valence-corrected chi connectivity index (χ2v) is 9.89. The Hall–Kier alpha value is -1.98. The van der Waals surface area contributed by atoms with Crippen LogP contribution in [0.5, 0.6) is 0 Å². The van der Waals surface area contributed by atoms with Crippen molar-refractivity contribution >= 4 is 15.8 Å². The van der Waals surface area contributed by atoms with Gasteiger partial charge in [-0.3, -0.25) is 4.79 Å². The molecule has 0 unspecified atom stereocenters. The lowest BCUT2D eigenvalue weighted by Gasteiger charge is -2.11. The van der Waals surface area contributed by atoms with Crippen LogP contribution in [-0.4, -0.2) is 20.7 Å². The summed E-state index contributed by atoms with van der Waals surface area (Å²) in [6.07, 6.45) is 13.2. The molecule has 2 aromatic carbocycles. The molecule has 0 heterocycles. The summed E-state index contributed by atoms with van der Waals surface area (Å²) in [5, 5.41) is 0. The lowest BCUT2D eigenvalue weighted by molar-refractivity contribution is 0.0997. The van der Waals surface area contributed by atoms with Crippen LogP contribution in [0.4, 0.5) is 0 Å². The highest BCUT2D eigenvalue weighted by Crippen LogP contribution is 2.19. The molecule has 0 aliphatic heterocycles. The number of ketones is 1. The van der Waals surface area contributed by atoms with Gasteiger partial charge < -0.3 is 0 Å². The zero-order chi connectivity index (χ0) is 22.4. The zero-order valence-electron chi connectivity index (χ0n) is 18.8. The predicted molar refractivity (Wildman–Crippen MR) is 128 cm³/mol. The van der Waals surface area contributed by atoms with Crippen molar-refractivity contribution < 1.29 is 13.2 Å². The van der Waals surface area contributed by atoms with Gasteiger partial charge in [-0.25, -0.2) is 13.1 Å². The third-order valence-corrected chi connectivity index (χ3v) is 7.08. The summed E-state index contributed by atoms with van der Waals surface area (Å²) in [4.78, 5) is 12.5. The molecule has 2 rings (SSSR count). The van der Waals surface area contributed by atoms with Gasteiger partial charge in [-0.2, -0.15) is 0 Å². The molecule has 0 fully saturated rings. The average Bonchev–Trinajstić information content (AvgIpc) is 2.79. The number of hydrogen-bond acceptors (Lipinski definition) is 3. The van der Waals surface area contributed by atoms with Gasteiger partial charge in [0.1, 0.15) is 0 Å². The second kappa shape index (κ2) is 14.2. The molecule has 0 aromatic heterocycles. The van der Waals surface area contributed by atoms with Crippen molar-refractivity contribution in [1.29, 1.82) is 0 Å². The van der Waals surface area contributed by atoms with E-state index in [0.29, 0.717) is 5.56 Å². The molecule has 0 aliphatic rings. The van der Waals surface area contributed by atoms with E-state index in [2.05, 4.69) is 11.6 Å². The van der Waals surface area contributed by atoms with Crippen molar-refractivity contribution in [1.82, 2.24) is 4.72 Å². The normalized spacial score (nSPS) is 11.5. The third kappa shape index (κ3) is 9.36. The van der Waals surface area contributed by atoms with Gasteiger partial charge in [0.2, 0.25) is 10.0 Å². The van der Waals surface area contributed by atoms with Crippen molar-refractivity contribution in [2.75, 3.05) is 6.54 Å². The van der Waals surface area contributed by atoms with Crippen molar-refractivity contribution in [2.45, 2.75) is 82.4 Å². The Morgan fingerprint density at radius 3 is 1.94 bits per heavy atom. The number of hydrogen-bond donors (Lipinski definition) is 1. The Balaban J connectivity index is 1.78. The molecule has 0 spiro atoms. The monoisotopic (exact) mass is 443 g/mol. The van der Waals surface area contributed by atoms with Crippen LogP contribution >= 0.6 is 0 Å². The minimum atomic E-state index is -3.73. The number of sulfonamides is 1. The Bertz CT molecular complexity index is 879. The number of nitrogens with one attached hydrogen (secondary N) is 1. The van der Waals surface area contributed by atoms with E-state index in [1.165, 1.54) is 51.4 Å². The molecule has 1 N–H and O–H groups in total. The fraction of sp³-hybridized carbons (Fsp3) is 0.500. The predicted octanol–water partition coefficient (Wildman–Crippen LogP) is 6.31. The first-order valence-corrected chi connectivity index (χ1v) is 13.2. The van der Waals surface area contributed by atoms with Gasteiger partial charge in [-0.05, 0) is 24.5 Å². The minimum Gasteiger partial charge on any atom is -0.293 e. The lowest BCUT2D eigenvalue weighted by Crippen LogP contribution is -2.30. The van der Waals surface area contributed by atoms with E-state index in [0.717, 1.165) is 24.8 Å². The van der Waals surface area contributed by atoms with E-state index in [9.17, 15) is 13.2 Å².